The zero-order chi connectivity index (χ0) is 15.0. The van der Waals surface area contributed by atoms with E-state index >= 15 is 0 Å². The van der Waals surface area contributed by atoms with Crippen molar-refractivity contribution in [2.75, 3.05) is 6.54 Å². The average molecular weight is 286 g/mol. The third kappa shape index (κ3) is 2.68. The SMILES string of the molecule is Cc1cc2cc(C(=O)NC3CCCC3CN)oc2cc1C. The molecule has 0 saturated heterocycles. The van der Waals surface area contributed by atoms with Crippen LogP contribution in [0, 0.1) is 19.8 Å². The minimum Gasteiger partial charge on any atom is -0.451 e. The van der Waals surface area contributed by atoms with Crippen LogP contribution in [0.1, 0.15) is 40.9 Å². The highest BCUT2D eigenvalue weighted by Gasteiger charge is 2.28. The predicted octanol–water partition coefficient (Wildman–Crippen LogP) is 2.91. The lowest BCUT2D eigenvalue weighted by molar-refractivity contribution is 0.0903. The highest BCUT2D eigenvalue weighted by Crippen LogP contribution is 2.26. The van der Waals surface area contributed by atoms with Crippen molar-refractivity contribution >= 4 is 16.9 Å². The second-order valence-corrected chi connectivity index (χ2v) is 6.09. The number of carbonyl (C=O) groups excluding carboxylic acids is 1. The second kappa shape index (κ2) is 5.53. The number of carbonyl (C=O) groups is 1. The van der Waals surface area contributed by atoms with Crippen molar-refractivity contribution in [3.05, 3.63) is 35.1 Å². The molecule has 1 aliphatic carbocycles. The van der Waals surface area contributed by atoms with Gasteiger partial charge in [-0.15, -0.1) is 0 Å². The smallest absolute Gasteiger partial charge is 0.287 e. The molecule has 21 heavy (non-hydrogen) atoms. The van der Waals surface area contributed by atoms with E-state index in [0.29, 0.717) is 18.2 Å². The lowest BCUT2D eigenvalue weighted by atomic mass is 10.0. The van der Waals surface area contributed by atoms with Gasteiger partial charge >= 0.3 is 0 Å². The average Bonchev–Trinajstić information content (AvgIpc) is 3.05. The Hall–Kier alpha value is -1.81. The highest BCUT2D eigenvalue weighted by atomic mass is 16.3. The summed E-state index contributed by atoms with van der Waals surface area (Å²) in [7, 11) is 0. The molecule has 2 aromatic rings. The van der Waals surface area contributed by atoms with Crippen molar-refractivity contribution in [3.8, 4) is 0 Å². The summed E-state index contributed by atoms with van der Waals surface area (Å²) >= 11 is 0. The van der Waals surface area contributed by atoms with Gasteiger partial charge in [0.2, 0.25) is 0 Å². The number of fused-ring (bicyclic) bond motifs is 1. The van der Waals surface area contributed by atoms with Gasteiger partial charge < -0.3 is 15.5 Å². The summed E-state index contributed by atoms with van der Waals surface area (Å²) in [6, 6.07) is 6.05. The van der Waals surface area contributed by atoms with E-state index in [0.717, 1.165) is 30.2 Å². The normalized spacial score (nSPS) is 21.9. The fourth-order valence-electron chi connectivity index (χ4n) is 3.16. The number of nitrogens with one attached hydrogen (secondary N) is 1. The molecular formula is C17H22N2O2. The Bertz CT molecular complexity index is 636. The molecular weight excluding hydrogens is 264 g/mol. The molecule has 1 fully saturated rings. The molecule has 1 aromatic carbocycles. The van der Waals surface area contributed by atoms with Crippen LogP contribution < -0.4 is 11.1 Å². The summed E-state index contributed by atoms with van der Waals surface area (Å²) < 4.78 is 5.70. The van der Waals surface area contributed by atoms with Gasteiger partial charge in [0, 0.05) is 11.4 Å². The number of furan rings is 1. The molecule has 0 bridgehead atoms. The van der Waals surface area contributed by atoms with Crippen molar-refractivity contribution in [1.82, 2.24) is 5.32 Å². The van der Waals surface area contributed by atoms with E-state index < -0.39 is 0 Å². The van der Waals surface area contributed by atoms with Gasteiger partial charge in [0.05, 0.1) is 0 Å². The number of aryl methyl sites for hydroxylation is 2. The number of nitrogens with two attached hydrogens (primary N) is 1. The van der Waals surface area contributed by atoms with Crippen molar-refractivity contribution in [3.63, 3.8) is 0 Å². The summed E-state index contributed by atoms with van der Waals surface area (Å²) in [4.78, 5) is 12.4. The number of rotatable bonds is 3. The van der Waals surface area contributed by atoms with Gasteiger partial charge in [-0.05, 0) is 68.5 Å². The molecule has 2 unspecified atom stereocenters. The molecule has 3 rings (SSSR count). The van der Waals surface area contributed by atoms with Crippen LogP contribution in [-0.2, 0) is 0 Å². The fourth-order valence-corrected chi connectivity index (χ4v) is 3.16. The van der Waals surface area contributed by atoms with Gasteiger partial charge in [-0.2, -0.15) is 0 Å². The van der Waals surface area contributed by atoms with Gasteiger partial charge in [0.25, 0.3) is 5.91 Å². The van der Waals surface area contributed by atoms with Crippen LogP contribution in [0.15, 0.2) is 22.6 Å². The number of hydrogen-bond acceptors (Lipinski definition) is 3. The van der Waals surface area contributed by atoms with Gasteiger partial charge in [-0.3, -0.25) is 4.79 Å². The van der Waals surface area contributed by atoms with Crippen LogP contribution in [0.4, 0.5) is 0 Å². The standard InChI is InChI=1S/C17H22N2O2/c1-10-6-13-8-16(21-15(13)7-11(10)2)17(20)19-14-5-3-4-12(14)9-18/h6-8,12,14H,3-5,9,18H2,1-2H3,(H,19,20). The number of amides is 1. The Labute approximate surface area is 124 Å². The molecule has 0 spiro atoms. The third-order valence-corrected chi connectivity index (χ3v) is 4.63. The van der Waals surface area contributed by atoms with Gasteiger partial charge in [0.15, 0.2) is 5.76 Å². The van der Waals surface area contributed by atoms with Gasteiger partial charge in [0.1, 0.15) is 5.58 Å². The Balaban J connectivity index is 1.81. The van der Waals surface area contributed by atoms with Crippen molar-refractivity contribution in [2.24, 2.45) is 11.7 Å². The molecule has 3 N–H and O–H groups in total. The number of benzene rings is 1. The first kappa shape index (κ1) is 14.1. The van der Waals surface area contributed by atoms with E-state index in [1.165, 1.54) is 11.1 Å². The van der Waals surface area contributed by atoms with Gasteiger partial charge in [-0.1, -0.05) is 6.42 Å². The first-order valence-corrected chi connectivity index (χ1v) is 7.60. The summed E-state index contributed by atoms with van der Waals surface area (Å²) in [5.41, 5.74) is 8.90. The summed E-state index contributed by atoms with van der Waals surface area (Å²) in [5, 5.41) is 4.05. The molecule has 0 radical (unpaired) electrons. The van der Waals surface area contributed by atoms with E-state index in [9.17, 15) is 4.79 Å². The van der Waals surface area contributed by atoms with Crippen LogP contribution >= 0.6 is 0 Å². The zero-order valence-corrected chi connectivity index (χ0v) is 12.6. The Kier molecular flexibility index (Phi) is 3.72. The maximum atomic E-state index is 12.4. The monoisotopic (exact) mass is 286 g/mol. The van der Waals surface area contributed by atoms with Gasteiger partial charge in [-0.25, -0.2) is 0 Å². The largest absolute Gasteiger partial charge is 0.451 e. The first-order valence-electron chi connectivity index (χ1n) is 7.60. The van der Waals surface area contributed by atoms with Crippen LogP contribution in [0.3, 0.4) is 0 Å². The van der Waals surface area contributed by atoms with E-state index in [1.54, 1.807) is 0 Å². The third-order valence-electron chi connectivity index (χ3n) is 4.63. The molecule has 4 nitrogen and oxygen atoms in total. The summed E-state index contributed by atoms with van der Waals surface area (Å²) in [5.74, 6) is 0.646. The second-order valence-electron chi connectivity index (χ2n) is 6.09. The fraction of sp³-hybridized carbons (Fsp3) is 0.471. The van der Waals surface area contributed by atoms with Crippen LogP contribution in [0.25, 0.3) is 11.0 Å². The minimum atomic E-state index is -0.133. The Morgan fingerprint density at radius 2 is 2.05 bits per heavy atom. The quantitative estimate of drug-likeness (QED) is 0.911. The molecule has 4 heteroatoms. The molecule has 1 heterocycles. The number of hydrogen-bond donors (Lipinski definition) is 2. The highest BCUT2D eigenvalue weighted by molar-refractivity contribution is 5.96. The lowest BCUT2D eigenvalue weighted by Crippen LogP contribution is -2.39. The zero-order valence-electron chi connectivity index (χ0n) is 12.6. The van der Waals surface area contributed by atoms with E-state index in [2.05, 4.69) is 18.3 Å². The molecule has 2 atom stereocenters. The minimum absolute atomic E-state index is 0.133. The predicted molar refractivity (Wildman–Crippen MR) is 83.3 cm³/mol. The topological polar surface area (TPSA) is 68.3 Å². The summed E-state index contributed by atoms with van der Waals surface area (Å²) in [6.45, 7) is 4.73. The Morgan fingerprint density at radius 3 is 2.81 bits per heavy atom. The van der Waals surface area contributed by atoms with E-state index in [1.807, 2.05) is 19.1 Å². The lowest BCUT2D eigenvalue weighted by Gasteiger charge is -2.18. The van der Waals surface area contributed by atoms with Crippen LogP contribution in [0.5, 0.6) is 0 Å². The van der Waals surface area contributed by atoms with E-state index in [4.69, 9.17) is 10.2 Å². The van der Waals surface area contributed by atoms with Crippen molar-refractivity contribution < 1.29 is 9.21 Å². The molecule has 1 aromatic heterocycles. The maximum Gasteiger partial charge on any atom is 0.287 e. The maximum absolute atomic E-state index is 12.4. The Morgan fingerprint density at radius 1 is 1.29 bits per heavy atom. The van der Waals surface area contributed by atoms with Crippen LogP contribution in [-0.4, -0.2) is 18.5 Å². The van der Waals surface area contributed by atoms with Crippen molar-refractivity contribution in [1.29, 1.82) is 0 Å². The van der Waals surface area contributed by atoms with Crippen molar-refractivity contribution in [2.45, 2.75) is 39.2 Å². The molecule has 112 valence electrons. The summed E-state index contributed by atoms with van der Waals surface area (Å²) in [6.07, 6.45) is 3.23. The first-order chi connectivity index (χ1) is 10.1. The molecule has 1 saturated carbocycles. The molecule has 1 amide bonds. The molecule has 1 aliphatic rings. The van der Waals surface area contributed by atoms with Crippen LogP contribution in [0.2, 0.25) is 0 Å². The van der Waals surface area contributed by atoms with E-state index in [-0.39, 0.29) is 11.9 Å². The molecule has 0 aliphatic heterocycles.